The molecule has 0 bridgehead atoms. The molecule has 3 aromatic rings. The number of methoxy groups -OCH3 is 1. The molecule has 2 N–H and O–H groups in total. The number of carbonyl (C=O) groups is 2. The van der Waals surface area contributed by atoms with E-state index in [1.165, 1.54) is 0 Å². The van der Waals surface area contributed by atoms with E-state index in [1.54, 1.807) is 30.3 Å². The van der Waals surface area contributed by atoms with Crippen molar-refractivity contribution in [1.82, 2.24) is 19.8 Å². The van der Waals surface area contributed by atoms with Crippen LogP contribution in [0.15, 0.2) is 67.0 Å². The maximum absolute atomic E-state index is 14.2. The number of piperazine rings is 1. The minimum atomic E-state index is -1.05. The zero-order valence-corrected chi connectivity index (χ0v) is 23.3. The van der Waals surface area contributed by atoms with Gasteiger partial charge in [0.05, 0.1) is 30.7 Å². The van der Waals surface area contributed by atoms with Gasteiger partial charge in [-0.2, -0.15) is 0 Å². The van der Waals surface area contributed by atoms with Gasteiger partial charge < -0.3 is 29.5 Å². The summed E-state index contributed by atoms with van der Waals surface area (Å²) in [5.41, 5.74) is 1.66. The van der Waals surface area contributed by atoms with Crippen LogP contribution >= 0.6 is 0 Å². The van der Waals surface area contributed by atoms with Crippen LogP contribution in [0.1, 0.15) is 48.6 Å². The molecule has 0 unspecified atom stereocenters. The van der Waals surface area contributed by atoms with Gasteiger partial charge in [-0.1, -0.05) is 61.4 Å². The van der Waals surface area contributed by atoms with Crippen molar-refractivity contribution < 1.29 is 19.4 Å². The smallest absolute Gasteiger partial charge is 0.275 e. The number of amides is 2. The number of imidazole rings is 1. The van der Waals surface area contributed by atoms with Gasteiger partial charge in [-0.25, -0.2) is 4.98 Å². The minimum absolute atomic E-state index is 0.0571. The fraction of sp³-hybridized carbons (Fsp3) is 0.452. The quantitative estimate of drug-likeness (QED) is 0.450. The number of aromatic nitrogens is 2. The Kier molecular flexibility index (Phi) is 8.63. The number of carbonyl (C=O) groups excluding carboxylic acids is 2. The van der Waals surface area contributed by atoms with E-state index in [9.17, 15) is 14.7 Å². The molecule has 2 heterocycles. The summed E-state index contributed by atoms with van der Waals surface area (Å²) >= 11 is 0. The van der Waals surface area contributed by atoms with Crippen LogP contribution in [0, 0.1) is 0 Å². The molecule has 5 rings (SSSR count). The fourth-order valence-corrected chi connectivity index (χ4v) is 6.14. The molecule has 1 saturated heterocycles. The lowest BCUT2D eigenvalue weighted by Gasteiger charge is -2.41. The number of hydrogen-bond acceptors (Lipinski definition) is 6. The molecule has 2 fully saturated rings. The number of benzene rings is 2. The van der Waals surface area contributed by atoms with E-state index >= 15 is 0 Å². The zero-order chi connectivity index (χ0) is 28.1. The number of hydrogen-bond donors (Lipinski definition) is 2. The Bertz CT molecular complexity index is 1290. The number of anilines is 1. The summed E-state index contributed by atoms with van der Waals surface area (Å²) in [5, 5.41) is 15.0. The van der Waals surface area contributed by atoms with Crippen molar-refractivity contribution in [2.45, 2.75) is 49.8 Å². The van der Waals surface area contributed by atoms with E-state index in [1.807, 2.05) is 65.2 Å². The summed E-state index contributed by atoms with van der Waals surface area (Å²) in [6.45, 7) is 1.86. The van der Waals surface area contributed by atoms with Gasteiger partial charge >= 0.3 is 0 Å². The first-order valence-electron chi connectivity index (χ1n) is 14.1. The molecule has 9 nitrogen and oxygen atoms in total. The predicted octanol–water partition coefficient (Wildman–Crippen LogP) is 3.51. The van der Waals surface area contributed by atoms with Gasteiger partial charge in [-0.3, -0.25) is 9.59 Å². The van der Waals surface area contributed by atoms with Crippen molar-refractivity contribution in [3.63, 3.8) is 0 Å². The second kappa shape index (κ2) is 12.3. The molecule has 2 amide bonds. The molecule has 40 heavy (non-hydrogen) atoms. The van der Waals surface area contributed by atoms with Crippen molar-refractivity contribution in [2.75, 3.05) is 45.3 Å². The molecule has 1 saturated carbocycles. The van der Waals surface area contributed by atoms with Gasteiger partial charge in [0.1, 0.15) is 5.60 Å². The van der Waals surface area contributed by atoms with Crippen LogP contribution in [0.2, 0.25) is 0 Å². The van der Waals surface area contributed by atoms with E-state index < -0.39 is 5.60 Å². The number of rotatable bonds is 8. The lowest BCUT2D eigenvalue weighted by Crippen LogP contribution is -2.55. The second-order valence-electron chi connectivity index (χ2n) is 10.9. The third-order valence-electron chi connectivity index (χ3n) is 8.27. The molecule has 1 aliphatic carbocycles. The molecular weight excluding hydrogens is 506 g/mol. The van der Waals surface area contributed by atoms with Crippen molar-refractivity contribution >= 4 is 17.5 Å². The zero-order valence-electron chi connectivity index (χ0n) is 23.3. The number of para-hydroxylation sites is 1. The summed E-state index contributed by atoms with van der Waals surface area (Å²) in [5.74, 6) is -0.260. The molecule has 3 atom stereocenters. The lowest BCUT2D eigenvalue weighted by atomic mass is 9.80. The standard InChI is InChI=1S/C31H39N5O4/c1-34(24-13-7-4-8-14-24)27(37)19-25-20-32-17-18-35(25)30(38)28-29(23-11-5-3-6-12-23)36(22-33-28)26-15-9-10-16-31(26,39)21-40-2/h3-8,11-14,22,25-26,32,39H,9-10,15-21H2,1-2H3/t25-,26-,31-/m1/s1. The number of nitrogens with one attached hydrogen (secondary N) is 1. The van der Waals surface area contributed by atoms with Crippen molar-refractivity contribution in [3.05, 3.63) is 72.7 Å². The van der Waals surface area contributed by atoms with Gasteiger partial charge in [0.25, 0.3) is 5.91 Å². The summed E-state index contributed by atoms with van der Waals surface area (Å²) in [4.78, 5) is 35.6. The van der Waals surface area contributed by atoms with Crippen LogP contribution in [-0.2, 0) is 9.53 Å². The molecule has 0 radical (unpaired) electrons. The third-order valence-corrected chi connectivity index (χ3v) is 8.27. The van der Waals surface area contributed by atoms with E-state index in [-0.39, 0.29) is 36.9 Å². The second-order valence-corrected chi connectivity index (χ2v) is 10.9. The molecular formula is C31H39N5O4. The average molecular weight is 546 g/mol. The van der Waals surface area contributed by atoms with Crippen LogP contribution in [0.25, 0.3) is 11.3 Å². The molecule has 2 aliphatic rings. The van der Waals surface area contributed by atoms with E-state index in [4.69, 9.17) is 4.74 Å². The molecule has 9 heteroatoms. The van der Waals surface area contributed by atoms with Gasteiger partial charge in [-0.05, 0) is 25.0 Å². The van der Waals surface area contributed by atoms with Crippen molar-refractivity contribution in [1.29, 1.82) is 0 Å². The lowest BCUT2D eigenvalue weighted by molar-refractivity contribution is -0.119. The maximum Gasteiger partial charge on any atom is 0.275 e. The Labute approximate surface area is 235 Å². The summed E-state index contributed by atoms with van der Waals surface area (Å²) in [6, 6.07) is 18.7. The minimum Gasteiger partial charge on any atom is -0.385 e. The van der Waals surface area contributed by atoms with E-state index in [0.717, 1.165) is 30.5 Å². The average Bonchev–Trinajstić information content (AvgIpc) is 3.42. The molecule has 1 aliphatic heterocycles. The highest BCUT2D eigenvalue weighted by Crippen LogP contribution is 2.41. The van der Waals surface area contributed by atoms with Crippen LogP contribution in [0.3, 0.4) is 0 Å². The molecule has 0 spiro atoms. The number of ether oxygens (including phenoxy) is 1. The topological polar surface area (TPSA) is 99.9 Å². The van der Waals surface area contributed by atoms with Crippen molar-refractivity contribution in [3.8, 4) is 11.3 Å². The number of nitrogens with zero attached hydrogens (tertiary/aromatic N) is 4. The van der Waals surface area contributed by atoms with Crippen molar-refractivity contribution in [2.24, 2.45) is 0 Å². The van der Waals surface area contributed by atoms with Gasteiger partial charge in [0, 0.05) is 51.5 Å². The summed E-state index contributed by atoms with van der Waals surface area (Å²) in [7, 11) is 3.37. The maximum atomic E-state index is 14.2. The van der Waals surface area contributed by atoms with E-state index in [2.05, 4.69) is 10.3 Å². The highest BCUT2D eigenvalue weighted by Gasteiger charge is 2.42. The molecule has 212 valence electrons. The van der Waals surface area contributed by atoms with E-state index in [0.29, 0.717) is 37.4 Å². The van der Waals surface area contributed by atoms with Crippen LogP contribution in [0.4, 0.5) is 5.69 Å². The Balaban J connectivity index is 1.47. The Morgan fingerprint density at radius 1 is 1.12 bits per heavy atom. The first-order chi connectivity index (χ1) is 19.4. The summed E-state index contributed by atoms with van der Waals surface area (Å²) in [6.07, 6.45) is 5.17. The first kappa shape index (κ1) is 28.0. The Morgan fingerprint density at radius 2 is 1.85 bits per heavy atom. The predicted molar refractivity (Wildman–Crippen MR) is 154 cm³/mol. The SMILES string of the molecule is COC[C@]1(O)CCCC[C@H]1n1cnc(C(=O)N2CCNC[C@H]2CC(=O)N(C)c2ccccc2)c1-c1ccccc1. The highest BCUT2D eigenvalue weighted by atomic mass is 16.5. The monoisotopic (exact) mass is 545 g/mol. The van der Waals surface area contributed by atoms with Crippen LogP contribution in [0.5, 0.6) is 0 Å². The molecule has 2 aromatic carbocycles. The molecule has 1 aromatic heterocycles. The van der Waals surface area contributed by atoms with Gasteiger partial charge in [0.2, 0.25) is 5.91 Å². The Hall–Kier alpha value is -3.53. The Morgan fingerprint density at radius 3 is 2.58 bits per heavy atom. The number of aliphatic hydroxyl groups is 1. The van der Waals surface area contributed by atoms with Crippen LogP contribution in [-0.4, -0.2) is 83.4 Å². The first-order valence-corrected chi connectivity index (χ1v) is 14.1. The third kappa shape index (κ3) is 5.68. The fourth-order valence-electron chi connectivity index (χ4n) is 6.14. The largest absolute Gasteiger partial charge is 0.385 e. The summed E-state index contributed by atoms with van der Waals surface area (Å²) < 4.78 is 7.41. The highest BCUT2D eigenvalue weighted by molar-refractivity contribution is 5.99. The normalized spacial score (nSPS) is 23.1. The van der Waals surface area contributed by atoms with Crippen LogP contribution < -0.4 is 10.2 Å². The van der Waals surface area contributed by atoms with Gasteiger partial charge in [-0.15, -0.1) is 0 Å². The van der Waals surface area contributed by atoms with Gasteiger partial charge in [0.15, 0.2) is 5.69 Å².